The summed E-state index contributed by atoms with van der Waals surface area (Å²) in [7, 11) is 6.91. The number of carbonyl (C=O) groups excluding carboxylic acids is 5. The van der Waals surface area contributed by atoms with E-state index in [-0.39, 0.29) is 56.3 Å². The predicted molar refractivity (Wildman–Crippen MR) is 327 cm³/mol. The van der Waals surface area contributed by atoms with E-state index in [4.69, 9.17) is 38.5 Å². The maximum absolute atomic E-state index is 10.8. The molecule has 0 atom stereocenters. The summed E-state index contributed by atoms with van der Waals surface area (Å²) >= 11 is 11.5. The summed E-state index contributed by atoms with van der Waals surface area (Å²) in [4.78, 5) is 53.3. The lowest BCUT2D eigenvalue weighted by Gasteiger charge is -1.93. The molecule has 17 heteroatoms. The Hall–Kier alpha value is -7.28. The van der Waals surface area contributed by atoms with E-state index in [1.807, 2.05) is 5.92 Å². The highest BCUT2D eigenvalue weighted by atomic mass is 79.9. The summed E-state index contributed by atoms with van der Waals surface area (Å²) in [5.74, 6) is 65.3. The lowest BCUT2D eigenvalue weighted by Crippen LogP contribution is -1.98. The third-order valence-electron chi connectivity index (χ3n) is 7.54. The zero-order valence-corrected chi connectivity index (χ0v) is 51.4. The molecule has 0 aliphatic rings. The molecule has 4 N–H and O–H groups in total. The Bertz CT molecular complexity index is 2320. The second kappa shape index (κ2) is 89.3. The summed E-state index contributed by atoms with van der Waals surface area (Å²) in [5.41, 5.74) is 0. The monoisotopic (exact) mass is 1260 g/mol. The Balaban J connectivity index is -0.000000164. The number of aliphatic hydroxyl groups excluding tert-OH is 4. The van der Waals surface area contributed by atoms with Crippen molar-refractivity contribution in [3.8, 4) is 155 Å². The van der Waals surface area contributed by atoms with Crippen LogP contribution in [0.3, 0.4) is 0 Å². The Morgan fingerprint density at radius 3 is 0.728 bits per heavy atom. The van der Waals surface area contributed by atoms with Crippen molar-refractivity contribution in [3.05, 3.63) is 0 Å². The fraction of sp³-hybridized carbons (Fsp3) is 0.516. The molecule has 0 spiro atoms. The number of aliphatic hydroxyl groups is 4. The minimum Gasteiger partial charge on any atom is -0.469 e. The van der Waals surface area contributed by atoms with Gasteiger partial charge in [-0.2, -0.15) is 0 Å². The fourth-order valence-electron chi connectivity index (χ4n) is 3.81. The quantitative estimate of drug-likeness (QED) is 0.0418. The minimum atomic E-state index is -0.202. The standard InChI is InChI=1S/C14H15BrO2.C14H16O3.C11H13BrO2.C11H14O3.C7H10O2.C4H5ClO.C3H4O/c2*1-17-14(16)12-10-8-6-4-2-3-5-7-9-11-13-15;2*1-14-11(13)9-7-5-3-2-4-6-8-10-12;1-3-4-5-6-7(8)9-2;5-3-1-2-4-6;1-2-3-4/h2,7-8,10,12-13H2,1H3;15H,2,7-8,10,12-13H2,1H3;4-5,7,9-10H2,1H3;12H,4-5,7,9-10H2,1H3;1H,4-6H2,2H3;6H,3-4H2;1,4H,3H2. The van der Waals surface area contributed by atoms with E-state index in [9.17, 15) is 24.0 Å². The van der Waals surface area contributed by atoms with Crippen LogP contribution in [0, 0.1) is 155 Å². The number of rotatable bonds is 15. The van der Waals surface area contributed by atoms with E-state index in [2.05, 4.69) is 198 Å². The van der Waals surface area contributed by atoms with Crippen molar-refractivity contribution >= 4 is 73.3 Å². The van der Waals surface area contributed by atoms with Crippen LogP contribution in [0.25, 0.3) is 0 Å². The minimum absolute atomic E-state index is 0.0906. The maximum atomic E-state index is 10.8. The van der Waals surface area contributed by atoms with Gasteiger partial charge in [0.1, 0.15) is 26.4 Å². The molecule has 0 rings (SSSR count). The largest absolute Gasteiger partial charge is 0.469 e. The van der Waals surface area contributed by atoms with Crippen molar-refractivity contribution in [2.24, 2.45) is 0 Å². The summed E-state index contributed by atoms with van der Waals surface area (Å²) in [6.07, 6.45) is 21.9. The third kappa shape index (κ3) is 109. The molecule has 0 aromatic rings. The van der Waals surface area contributed by atoms with Crippen LogP contribution in [0.15, 0.2) is 0 Å². The zero-order chi connectivity index (χ0) is 62.2. The Morgan fingerprint density at radius 2 is 0.543 bits per heavy atom. The third-order valence-corrected chi connectivity index (χ3v) is 8.23. The van der Waals surface area contributed by atoms with Crippen molar-refractivity contribution in [1.82, 2.24) is 0 Å². The number of ether oxygens (including phenoxy) is 5. The molecule has 0 radical (unpaired) electrons. The molecule has 0 fully saturated rings. The number of halogens is 3. The molecule has 0 bridgehead atoms. The number of terminal acetylenes is 2. The number of unbranched alkanes of at least 4 members (excludes halogenated alkanes) is 5. The van der Waals surface area contributed by atoms with E-state index < -0.39 is 0 Å². The summed E-state index contributed by atoms with van der Waals surface area (Å²) in [5, 5.41) is 33.7. The van der Waals surface area contributed by atoms with Gasteiger partial charge in [-0.15, -0.1) is 54.0 Å². The Morgan fingerprint density at radius 1 is 0.333 bits per heavy atom. The molecular weight excluding hydrogens is 1190 g/mol. The van der Waals surface area contributed by atoms with Crippen LogP contribution in [0.2, 0.25) is 0 Å². The van der Waals surface area contributed by atoms with Gasteiger partial charge in [-0.25, -0.2) is 0 Å². The molecule has 0 aromatic carbocycles. The van der Waals surface area contributed by atoms with Crippen LogP contribution in [0.1, 0.15) is 135 Å². The molecule has 0 amide bonds. The van der Waals surface area contributed by atoms with Crippen LogP contribution >= 0.6 is 43.5 Å². The molecule has 0 aliphatic carbocycles. The van der Waals surface area contributed by atoms with Gasteiger partial charge < -0.3 is 44.1 Å². The topological polar surface area (TPSA) is 212 Å². The maximum Gasteiger partial charge on any atom is 0.305 e. The zero-order valence-electron chi connectivity index (χ0n) is 47.5. The normalized spacial score (nSPS) is 7.53. The van der Waals surface area contributed by atoms with Gasteiger partial charge >= 0.3 is 29.8 Å². The van der Waals surface area contributed by atoms with Crippen LogP contribution in [-0.4, -0.2) is 129 Å². The molecule has 0 saturated heterocycles. The van der Waals surface area contributed by atoms with E-state index in [1.165, 1.54) is 35.5 Å². The first-order chi connectivity index (χ1) is 39.4. The number of alkyl halides is 3. The molecule has 81 heavy (non-hydrogen) atoms. The lowest BCUT2D eigenvalue weighted by molar-refractivity contribution is -0.141. The van der Waals surface area contributed by atoms with Crippen LogP contribution in [0.5, 0.6) is 0 Å². The van der Waals surface area contributed by atoms with E-state index >= 15 is 0 Å². The molecule has 0 heterocycles. The van der Waals surface area contributed by atoms with E-state index in [1.54, 1.807) is 0 Å². The molecule has 0 aliphatic heterocycles. The van der Waals surface area contributed by atoms with Crippen LogP contribution in [0.4, 0.5) is 0 Å². The number of carbonyl (C=O) groups is 5. The van der Waals surface area contributed by atoms with Crippen molar-refractivity contribution in [1.29, 1.82) is 0 Å². The molecular formula is C64H77Br2ClO14. The Kier molecular flexibility index (Phi) is 96.6. The number of hydrogen-bond donors (Lipinski definition) is 4. The highest BCUT2D eigenvalue weighted by Gasteiger charge is 1.99. The van der Waals surface area contributed by atoms with Crippen molar-refractivity contribution < 1.29 is 68.1 Å². The number of methoxy groups -OCH3 is 5. The molecule has 0 saturated carbocycles. The average molecular weight is 1270 g/mol. The summed E-state index contributed by atoms with van der Waals surface area (Å²) in [6, 6.07) is 0. The first-order valence-electron chi connectivity index (χ1n) is 24.7. The second-order valence-electron chi connectivity index (χ2n) is 13.5. The van der Waals surface area contributed by atoms with Gasteiger partial charge in [-0.3, -0.25) is 24.0 Å². The van der Waals surface area contributed by atoms with E-state index in [0.717, 1.165) is 32.1 Å². The number of hydrogen-bond acceptors (Lipinski definition) is 14. The predicted octanol–water partition coefficient (Wildman–Crippen LogP) is 7.26. The van der Waals surface area contributed by atoms with Gasteiger partial charge in [-0.05, 0) is 32.1 Å². The number of esters is 5. The van der Waals surface area contributed by atoms with Gasteiger partial charge in [0.15, 0.2) is 0 Å². The molecule has 14 nitrogen and oxygen atoms in total. The van der Waals surface area contributed by atoms with Crippen molar-refractivity contribution in [2.45, 2.75) is 135 Å². The average Bonchev–Trinajstić information content (AvgIpc) is 3.49. The van der Waals surface area contributed by atoms with Crippen LogP contribution < -0.4 is 0 Å². The van der Waals surface area contributed by atoms with Gasteiger partial charge in [-0.1, -0.05) is 144 Å². The first kappa shape index (κ1) is 87.6. The van der Waals surface area contributed by atoms with E-state index in [0.29, 0.717) is 119 Å². The van der Waals surface area contributed by atoms with Crippen molar-refractivity contribution in [3.63, 3.8) is 0 Å². The van der Waals surface area contributed by atoms with Gasteiger partial charge in [0.05, 0.1) is 90.6 Å². The smallest absolute Gasteiger partial charge is 0.305 e. The molecule has 0 aromatic heterocycles. The fourth-order valence-corrected chi connectivity index (χ4v) is 4.30. The highest BCUT2D eigenvalue weighted by molar-refractivity contribution is 9.09. The van der Waals surface area contributed by atoms with Gasteiger partial charge in [0.25, 0.3) is 0 Å². The first-order valence-corrected chi connectivity index (χ1v) is 27.5. The van der Waals surface area contributed by atoms with Crippen molar-refractivity contribution in [2.75, 3.05) is 78.5 Å². The SMILES string of the molecule is C#CCCCC(=O)OC.C#CCO.COC(=O)CCCC#CCC#CCBr.COC(=O)CCCC#CCC#CCC#CCBr.COC(=O)CCCC#CCC#CCC#CCO.COC(=O)CCCC#CCC#CCO.OCC#CCCl. The van der Waals surface area contributed by atoms with Gasteiger partial charge in [0.2, 0.25) is 0 Å². The summed E-state index contributed by atoms with van der Waals surface area (Å²) < 4.78 is 22.4. The molecule has 0 unspecified atom stereocenters. The van der Waals surface area contributed by atoms with Crippen LogP contribution in [-0.2, 0) is 47.7 Å². The highest BCUT2D eigenvalue weighted by Crippen LogP contribution is 1.98. The second-order valence-corrected chi connectivity index (χ2v) is 14.9. The lowest BCUT2D eigenvalue weighted by atomic mass is 10.2. The Labute approximate surface area is 506 Å². The van der Waals surface area contributed by atoms with Gasteiger partial charge in [0, 0.05) is 64.2 Å². The molecule has 438 valence electrons. The summed E-state index contributed by atoms with van der Waals surface area (Å²) in [6.45, 7) is -0.488.